The Hall–Kier alpha value is -2.13. The van der Waals surface area contributed by atoms with E-state index in [4.69, 9.17) is 0 Å². The summed E-state index contributed by atoms with van der Waals surface area (Å²) in [5, 5.41) is 3.25. The molecular formula is C24H32N2O. The molecule has 2 aromatic carbocycles. The van der Waals surface area contributed by atoms with Gasteiger partial charge in [0.1, 0.15) is 0 Å². The molecule has 1 aliphatic rings. The second kappa shape index (κ2) is 8.71. The third kappa shape index (κ3) is 4.98. The molecule has 144 valence electrons. The van der Waals surface area contributed by atoms with Crippen LogP contribution in [-0.2, 0) is 11.3 Å². The van der Waals surface area contributed by atoms with Gasteiger partial charge in [0, 0.05) is 12.5 Å². The minimum absolute atomic E-state index is 0.0578. The summed E-state index contributed by atoms with van der Waals surface area (Å²) in [6.45, 7) is 11.4. The molecule has 0 aliphatic carbocycles. The number of aryl methyl sites for hydroxylation is 3. The van der Waals surface area contributed by atoms with Crippen molar-refractivity contribution >= 4 is 5.91 Å². The minimum Gasteiger partial charge on any atom is -0.349 e. The molecule has 2 aromatic rings. The Bertz CT molecular complexity index is 791. The van der Waals surface area contributed by atoms with Crippen molar-refractivity contribution in [3.63, 3.8) is 0 Å². The van der Waals surface area contributed by atoms with Crippen LogP contribution in [0.25, 0.3) is 0 Å². The van der Waals surface area contributed by atoms with E-state index in [1.165, 1.54) is 27.8 Å². The number of nitrogens with one attached hydrogen (secondary N) is 1. The van der Waals surface area contributed by atoms with Gasteiger partial charge in [-0.25, -0.2) is 0 Å². The van der Waals surface area contributed by atoms with Gasteiger partial charge >= 0.3 is 0 Å². The average molecular weight is 365 g/mol. The Kier molecular flexibility index (Phi) is 6.33. The number of amides is 1. The molecule has 3 rings (SSSR count). The summed E-state index contributed by atoms with van der Waals surface area (Å²) in [6.07, 6.45) is 1.88. The zero-order chi connectivity index (χ0) is 19.4. The van der Waals surface area contributed by atoms with Gasteiger partial charge in [-0.3, -0.25) is 9.69 Å². The molecule has 0 bridgehead atoms. The SMILES string of the molecule is Cc1ccc(C)c([C@@H](C)NC(=O)C2CCN(Cc3ccccc3C)CC2)c1. The fraction of sp³-hybridized carbons (Fsp3) is 0.458. The van der Waals surface area contributed by atoms with Crippen molar-refractivity contribution in [2.24, 2.45) is 5.92 Å². The number of benzene rings is 2. The molecule has 0 unspecified atom stereocenters. The zero-order valence-corrected chi connectivity index (χ0v) is 17.1. The Labute approximate surface area is 163 Å². The highest BCUT2D eigenvalue weighted by Gasteiger charge is 2.26. The summed E-state index contributed by atoms with van der Waals surface area (Å²) < 4.78 is 0. The van der Waals surface area contributed by atoms with E-state index in [-0.39, 0.29) is 17.9 Å². The lowest BCUT2D eigenvalue weighted by atomic mass is 9.94. The lowest BCUT2D eigenvalue weighted by Crippen LogP contribution is -2.41. The van der Waals surface area contributed by atoms with Gasteiger partial charge in [0.15, 0.2) is 0 Å². The van der Waals surface area contributed by atoms with Gasteiger partial charge in [0.25, 0.3) is 0 Å². The molecule has 1 atom stereocenters. The summed E-state index contributed by atoms with van der Waals surface area (Å²) >= 11 is 0. The smallest absolute Gasteiger partial charge is 0.223 e. The molecule has 27 heavy (non-hydrogen) atoms. The molecule has 1 N–H and O–H groups in total. The second-order valence-corrected chi connectivity index (χ2v) is 8.07. The van der Waals surface area contributed by atoms with E-state index < -0.39 is 0 Å². The summed E-state index contributed by atoms with van der Waals surface area (Å²) in [5.74, 6) is 0.338. The van der Waals surface area contributed by atoms with Gasteiger partial charge in [0.05, 0.1) is 6.04 Å². The first-order valence-electron chi connectivity index (χ1n) is 10.1. The third-order valence-corrected chi connectivity index (χ3v) is 5.87. The van der Waals surface area contributed by atoms with Crippen LogP contribution in [0.2, 0.25) is 0 Å². The van der Waals surface area contributed by atoms with Crippen LogP contribution >= 0.6 is 0 Å². The van der Waals surface area contributed by atoms with Gasteiger partial charge in [0.2, 0.25) is 5.91 Å². The maximum atomic E-state index is 12.8. The number of piperidine rings is 1. The van der Waals surface area contributed by atoms with E-state index >= 15 is 0 Å². The van der Waals surface area contributed by atoms with Crippen LogP contribution in [0.3, 0.4) is 0 Å². The van der Waals surface area contributed by atoms with Crippen LogP contribution in [-0.4, -0.2) is 23.9 Å². The predicted octanol–water partition coefficient (Wildman–Crippen LogP) is 4.70. The topological polar surface area (TPSA) is 32.3 Å². The Morgan fingerprint density at radius 2 is 1.78 bits per heavy atom. The molecule has 3 nitrogen and oxygen atoms in total. The quantitative estimate of drug-likeness (QED) is 0.834. The predicted molar refractivity (Wildman–Crippen MR) is 112 cm³/mol. The van der Waals surface area contributed by atoms with Gasteiger partial charge in [-0.2, -0.15) is 0 Å². The molecule has 1 amide bonds. The number of hydrogen-bond donors (Lipinski definition) is 1. The highest BCUT2D eigenvalue weighted by atomic mass is 16.1. The molecule has 0 aromatic heterocycles. The molecule has 1 aliphatic heterocycles. The largest absolute Gasteiger partial charge is 0.349 e. The van der Waals surface area contributed by atoms with Crippen molar-refractivity contribution in [1.29, 1.82) is 0 Å². The number of nitrogens with zero attached hydrogens (tertiary/aromatic N) is 1. The van der Waals surface area contributed by atoms with Crippen molar-refractivity contribution in [1.82, 2.24) is 10.2 Å². The van der Waals surface area contributed by atoms with Crippen LogP contribution in [0.5, 0.6) is 0 Å². The van der Waals surface area contributed by atoms with E-state index in [0.717, 1.165) is 32.5 Å². The highest BCUT2D eigenvalue weighted by Crippen LogP contribution is 2.23. The van der Waals surface area contributed by atoms with Gasteiger partial charge < -0.3 is 5.32 Å². The number of rotatable bonds is 5. The highest BCUT2D eigenvalue weighted by molar-refractivity contribution is 5.79. The summed E-state index contributed by atoms with van der Waals surface area (Å²) in [6, 6.07) is 15.1. The van der Waals surface area contributed by atoms with Gasteiger partial charge in [-0.15, -0.1) is 0 Å². The molecular weight excluding hydrogens is 332 g/mol. The van der Waals surface area contributed by atoms with Crippen molar-refractivity contribution in [3.05, 3.63) is 70.3 Å². The molecule has 1 saturated heterocycles. The fourth-order valence-corrected chi connectivity index (χ4v) is 4.02. The number of hydrogen-bond acceptors (Lipinski definition) is 2. The zero-order valence-electron chi connectivity index (χ0n) is 17.1. The third-order valence-electron chi connectivity index (χ3n) is 5.87. The van der Waals surface area contributed by atoms with Crippen LogP contribution < -0.4 is 5.32 Å². The molecule has 3 heteroatoms. The van der Waals surface area contributed by atoms with E-state index in [0.29, 0.717) is 0 Å². The van der Waals surface area contributed by atoms with Crippen molar-refractivity contribution in [2.75, 3.05) is 13.1 Å². The molecule has 0 radical (unpaired) electrons. The van der Waals surface area contributed by atoms with E-state index in [2.05, 4.69) is 80.4 Å². The first kappa shape index (κ1) is 19.6. The Morgan fingerprint density at radius 3 is 2.48 bits per heavy atom. The molecule has 0 saturated carbocycles. The number of carbonyl (C=O) groups is 1. The molecule has 1 fully saturated rings. The number of likely N-dealkylation sites (tertiary alicyclic amines) is 1. The van der Waals surface area contributed by atoms with E-state index in [1.54, 1.807) is 0 Å². The normalized spacial score (nSPS) is 16.9. The first-order chi connectivity index (χ1) is 12.9. The standard InChI is InChI=1S/C24H32N2O/c1-17-9-10-19(3)23(15-17)20(4)25-24(27)21-11-13-26(14-12-21)16-22-8-6-5-7-18(22)2/h5-10,15,20-21H,11-14,16H2,1-4H3,(H,25,27)/t20-/m1/s1. The molecule has 1 heterocycles. The monoisotopic (exact) mass is 364 g/mol. The van der Waals surface area contributed by atoms with Crippen molar-refractivity contribution < 1.29 is 4.79 Å². The summed E-state index contributed by atoms with van der Waals surface area (Å²) in [4.78, 5) is 15.2. The summed E-state index contributed by atoms with van der Waals surface area (Å²) in [7, 11) is 0. The summed E-state index contributed by atoms with van der Waals surface area (Å²) in [5.41, 5.74) is 6.44. The first-order valence-corrected chi connectivity index (χ1v) is 10.1. The van der Waals surface area contributed by atoms with Crippen LogP contribution in [0.15, 0.2) is 42.5 Å². The van der Waals surface area contributed by atoms with Gasteiger partial charge in [-0.05, 0) is 75.9 Å². The lowest BCUT2D eigenvalue weighted by molar-refractivity contribution is -0.127. The number of carbonyl (C=O) groups excluding carboxylic acids is 1. The lowest BCUT2D eigenvalue weighted by Gasteiger charge is -2.32. The Balaban J connectivity index is 1.52. The van der Waals surface area contributed by atoms with Crippen LogP contribution in [0.1, 0.15) is 53.6 Å². The van der Waals surface area contributed by atoms with Gasteiger partial charge in [-0.1, -0.05) is 48.0 Å². The van der Waals surface area contributed by atoms with E-state index in [9.17, 15) is 4.79 Å². The van der Waals surface area contributed by atoms with Crippen LogP contribution in [0, 0.1) is 26.7 Å². The van der Waals surface area contributed by atoms with Crippen molar-refractivity contribution in [2.45, 2.75) is 53.1 Å². The minimum atomic E-state index is 0.0578. The van der Waals surface area contributed by atoms with Crippen LogP contribution in [0.4, 0.5) is 0 Å². The maximum Gasteiger partial charge on any atom is 0.223 e. The van der Waals surface area contributed by atoms with E-state index in [1.807, 2.05) is 0 Å². The second-order valence-electron chi connectivity index (χ2n) is 8.07. The Morgan fingerprint density at radius 1 is 1.07 bits per heavy atom. The molecule has 0 spiro atoms. The average Bonchev–Trinajstić information content (AvgIpc) is 2.66. The maximum absolute atomic E-state index is 12.8. The van der Waals surface area contributed by atoms with Crippen molar-refractivity contribution in [3.8, 4) is 0 Å². The fourth-order valence-electron chi connectivity index (χ4n) is 4.02.